The first kappa shape index (κ1) is 34.6. The van der Waals surface area contributed by atoms with Crippen LogP contribution in [0.25, 0.3) is 0 Å². The fourth-order valence-electron chi connectivity index (χ4n) is 5.43. The highest BCUT2D eigenvalue weighted by Gasteiger charge is 2.31. The summed E-state index contributed by atoms with van der Waals surface area (Å²) in [6.07, 6.45) is 2.66. The van der Waals surface area contributed by atoms with E-state index >= 15 is 0 Å². The molecule has 0 radical (unpaired) electrons. The molecule has 0 aromatic heterocycles. The van der Waals surface area contributed by atoms with Crippen molar-refractivity contribution in [3.05, 3.63) is 54.1 Å². The Bertz CT molecular complexity index is 1010. The van der Waals surface area contributed by atoms with Gasteiger partial charge in [0, 0.05) is 69.8 Å². The summed E-state index contributed by atoms with van der Waals surface area (Å²) in [5.41, 5.74) is 1.31. The van der Waals surface area contributed by atoms with Crippen molar-refractivity contribution < 1.29 is 17.9 Å². The lowest BCUT2D eigenvalue weighted by molar-refractivity contribution is -0.137. The van der Waals surface area contributed by atoms with Gasteiger partial charge in [-0.1, -0.05) is 31.0 Å². The van der Waals surface area contributed by atoms with Gasteiger partial charge in [-0.15, -0.1) is 23.2 Å². The number of hydrogen-bond acceptors (Lipinski definition) is 5. The van der Waals surface area contributed by atoms with Crippen molar-refractivity contribution in [1.29, 1.82) is 0 Å². The molecule has 5 nitrogen and oxygen atoms in total. The highest BCUT2D eigenvalue weighted by molar-refractivity contribution is 6.18. The van der Waals surface area contributed by atoms with E-state index in [1.807, 2.05) is 17.0 Å². The van der Waals surface area contributed by atoms with Crippen LogP contribution >= 0.6 is 23.2 Å². The van der Waals surface area contributed by atoms with E-state index in [0.717, 1.165) is 95.3 Å². The first-order valence-corrected chi connectivity index (χ1v) is 16.3. The third-order valence-electron chi connectivity index (χ3n) is 7.93. The molecule has 0 spiro atoms. The predicted octanol–water partition coefficient (Wildman–Crippen LogP) is 7.46. The maximum atomic E-state index is 12.8. The Morgan fingerprint density at radius 3 is 1.81 bits per heavy atom. The normalized spacial score (nSPS) is 16.7. The van der Waals surface area contributed by atoms with Crippen molar-refractivity contribution >= 4 is 34.6 Å². The summed E-state index contributed by atoms with van der Waals surface area (Å²) in [7, 11) is 1.74. The van der Waals surface area contributed by atoms with Crippen LogP contribution in [0, 0.1) is 0 Å². The zero-order valence-electron chi connectivity index (χ0n) is 24.9. The molecule has 2 fully saturated rings. The monoisotopic (exact) mass is 630 g/mol. The standard InChI is InChI=1S/C17H24ClF3N2.C15H23ClN2O/c18-8-3-1-2-4-9-22-10-12-23(13-11-22)16-7-5-6-15(14-16)17(19,20)21;1-19-15-7-3-2-6-14(15)18-12-10-17(11-13-18)9-5-4-8-16/h5-7,14H,1-4,8-13H2;2-3,6-7H,4-5,8-13H2,1H3. The summed E-state index contributed by atoms with van der Waals surface area (Å²) >= 11 is 11.4. The van der Waals surface area contributed by atoms with Crippen LogP contribution in [0.1, 0.15) is 44.1 Å². The van der Waals surface area contributed by atoms with Crippen LogP contribution in [0.5, 0.6) is 5.75 Å². The maximum absolute atomic E-state index is 12.8. The zero-order valence-corrected chi connectivity index (χ0v) is 26.4. The molecule has 0 amide bonds. The van der Waals surface area contributed by atoms with Crippen molar-refractivity contribution in [3.8, 4) is 5.75 Å². The third-order valence-corrected chi connectivity index (χ3v) is 8.46. The van der Waals surface area contributed by atoms with Gasteiger partial charge in [0.2, 0.25) is 0 Å². The summed E-state index contributed by atoms with van der Waals surface area (Å²) in [5, 5.41) is 0. The molecule has 2 heterocycles. The van der Waals surface area contributed by atoms with Crippen LogP contribution < -0.4 is 14.5 Å². The second-order valence-corrected chi connectivity index (χ2v) is 11.6. The molecular weight excluding hydrogens is 584 g/mol. The van der Waals surface area contributed by atoms with Gasteiger partial charge >= 0.3 is 6.18 Å². The summed E-state index contributed by atoms with van der Waals surface area (Å²) < 4.78 is 43.8. The molecule has 0 aliphatic carbocycles. The first-order chi connectivity index (χ1) is 20.4. The molecule has 10 heteroatoms. The number of benzene rings is 2. The van der Waals surface area contributed by atoms with Crippen LogP contribution in [0.4, 0.5) is 24.5 Å². The van der Waals surface area contributed by atoms with E-state index in [-0.39, 0.29) is 0 Å². The molecule has 42 heavy (non-hydrogen) atoms. The van der Waals surface area contributed by atoms with Gasteiger partial charge < -0.3 is 14.5 Å². The Morgan fingerprint density at radius 1 is 0.667 bits per heavy atom. The first-order valence-electron chi connectivity index (χ1n) is 15.2. The SMILES string of the molecule is COc1ccccc1N1CCN(CCCCCl)CC1.FC(F)(F)c1cccc(N2CCN(CCCCCCCl)CC2)c1. The second kappa shape index (κ2) is 18.7. The largest absolute Gasteiger partial charge is 0.495 e. The van der Waals surface area contributed by atoms with E-state index < -0.39 is 11.7 Å². The predicted molar refractivity (Wildman–Crippen MR) is 171 cm³/mol. The van der Waals surface area contributed by atoms with E-state index in [1.165, 1.54) is 50.0 Å². The van der Waals surface area contributed by atoms with Crippen molar-refractivity contribution in [2.75, 3.05) is 94.1 Å². The summed E-state index contributed by atoms with van der Waals surface area (Å²) in [6.45, 7) is 10.0. The highest BCUT2D eigenvalue weighted by Crippen LogP contribution is 2.32. The molecule has 236 valence electrons. The van der Waals surface area contributed by atoms with Crippen LogP contribution in [-0.2, 0) is 6.18 Å². The lowest BCUT2D eigenvalue weighted by Crippen LogP contribution is -2.46. The van der Waals surface area contributed by atoms with Gasteiger partial charge in [0.25, 0.3) is 0 Å². The van der Waals surface area contributed by atoms with Crippen molar-refractivity contribution in [3.63, 3.8) is 0 Å². The number of hydrogen-bond donors (Lipinski definition) is 0. The summed E-state index contributed by atoms with van der Waals surface area (Å²) in [4.78, 5) is 9.37. The number of halogens is 5. The molecule has 0 bridgehead atoms. The van der Waals surface area contributed by atoms with Crippen LogP contribution in [0.3, 0.4) is 0 Å². The zero-order chi connectivity index (χ0) is 30.2. The fourth-order valence-corrected chi connectivity index (χ4v) is 5.80. The molecule has 2 aromatic rings. The number of para-hydroxylation sites is 2. The Morgan fingerprint density at radius 2 is 1.21 bits per heavy atom. The molecule has 2 saturated heterocycles. The Balaban J connectivity index is 0.000000235. The van der Waals surface area contributed by atoms with Gasteiger partial charge in [0.1, 0.15) is 5.75 Å². The molecule has 2 aliphatic rings. The van der Waals surface area contributed by atoms with E-state index in [1.54, 1.807) is 13.2 Å². The number of piperazine rings is 2. The summed E-state index contributed by atoms with van der Waals surface area (Å²) in [5.74, 6) is 2.48. The number of alkyl halides is 5. The average Bonchev–Trinajstić information content (AvgIpc) is 3.02. The smallest absolute Gasteiger partial charge is 0.416 e. The van der Waals surface area contributed by atoms with Gasteiger partial charge in [-0.05, 0) is 69.1 Å². The van der Waals surface area contributed by atoms with Gasteiger partial charge in [-0.25, -0.2) is 0 Å². The van der Waals surface area contributed by atoms with Crippen molar-refractivity contribution in [1.82, 2.24) is 9.80 Å². The lowest BCUT2D eigenvalue weighted by Gasteiger charge is -2.36. The highest BCUT2D eigenvalue weighted by atomic mass is 35.5. The van der Waals surface area contributed by atoms with Crippen LogP contribution in [0.2, 0.25) is 0 Å². The molecule has 2 aliphatic heterocycles. The van der Waals surface area contributed by atoms with E-state index in [9.17, 15) is 13.2 Å². The Labute approximate surface area is 260 Å². The van der Waals surface area contributed by atoms with E-state index in [0.29, 0.717) is 5.69 Å². The summed E-state index contributed by atoms with van der Waals surface area (Å²) in [6, 6.07) is 13.9. The molecule has 0 N–H and O–H groups in total. The third kappa shape index (κ3) is 11.7. The quantitative estimate of drug-likeness (QED) is 0.169. The number of ether oxygens (including phenoxy) is 1. The van der Waals surface area contributed by atoms with Gasteiger partial charge in [0.05, 0.1) is 18.4 Å². The molecule has 0 unspecified atom stereocenters. The fraction of sp³-hybridized carbons (Fsp3) is 0.625. The number of unbranched alkanes of at least 4 members (excludes halogenated alkanes) is 4. The molecular formula is C32H47Cl2F3N4O. The van der Waals surface area contributed by atoms with Gasteiger partial charge in [-0.3, -0.25) is 9.80 Å². The van der Waals surface area contributed by atoms with Crippen molar-refractivity contribution in [2.24, 2.45) is 0 Å². The Hall–Kier alpha value is -1.87. The van der Waals surface area contributed by atoms with Gasteiger partial charge in [-0.2, -0.15) is 13.2 Å². The van der Waals surface area contributed by atoms with E-state index in [2.05, 4.69) is 26.8 Å². The second-order valence-electron chi connectivity index (χ2n) is 10.9. The minimum absolute atomic E-state index is 0.572. The lowest BCUT2D eigenvalue weighted by atomic mass is 10.1. The maximum Gasteiger partial charge on any atom is 0.416 e. The van der Waals surface area contributed by atoms with Crippen LogP contribution in [0.15, 0.2) is 48.5 Å². The Kier molecular flexibility index (Phi) is 15.4. The minimum atomic E-state index is -4.28. The van der Waals surface area contributed by atoms with Crippen LogP contribution in [-0.4, -0.2) is 94.1 Å². The van der Waals surface area contributed by atoms with Crippen molar-refractivity contribution in [2.45, 2.75) is 44.7 Å². The number of anilines is 2. The average molecular weight is 632 g/mol. The topological polar surface area (TPSA) is 22.2 Å². The molecule has 0 atom stereocenters. The minimum Gasteiger partial charge on any atom is -0.495 e. The molecule has 0 saturated carbocycles. The number of rotatable bonds is 13. The number of nitrogens with zero attached hydrogens (tertiary/aromatic N) is 4. The molecule has 4 rings (SSSR count). The van der Waals surface area contributed by atoms with E-state index in [4.69, 9.17) is 27.9 Å². The number of methoxy groups -OCH3 is 1. The molecule has 2 aromatic carbocycles. The van der Waals surface area contributed by atoms with Gasteiger partial charge in [0.15, 0.2) is 0 Å².